The maximum Gasteiger partial charge on any atom is 0.223 e. The van der Waals surface area contributed by atoms with Crippen LogP contribution in [0.4, 0.5) is 0 Å². The lowest BCUT2D eigenvalue weighted by Gasteiger charge is -2.25. The van der Waals surface area contributed by atoms with Gasteiger partial charge in [0.05, 0.1) is 12.6 Å². The first-order valence-electron chi connectivity index (χ1n) is 8.31. The maximum absolute atomic E-state index is 12.6. The molecule has 1 unspecified atom stereocenters. The van der Waals surface area contributed by atoms with Gasteiger partial charge in [-0.2, -0.15) is 11.3 Å². The van der Waals surface area contributed by atoms with E-state index in [9.17, 15) is 4.79 Å². The van der Waals surface area contributed by atoms with Crippen LogP contribution in [0.1, 0.15) is 43.4 Å². The first kappa shape index (κ1) is 16.1. The number of carbonyl (C=O) groups is 1. The van der Waals surface area contributed by atoms with Crippen LogP contribution < -0.4 is 4.74 Å². The minimum absolute atomic E-state index is 0.223. The standard InChI is InChI=1S/C19H23NO2S/c1-2-22-17-8-6-16(7-9-17)18-4-3-12-20(18)19(21)10-5-15-11-13-23-14-15/h6-9,11,13-14,18H,2-5,10,12H2,1H3. The summed E-state index contributed by atoms with van der Waals surface area (Å²) in [5.41, 5.74) is 2.48. The van der Waals surface area contributed by atoms with Gasteiger partial charge < -0.3 is 9.64 Å². The smallest absolute Gasteiger partial charge is 0.223 e. The molecule has 1 aromatic heterocycles. The molecule has 2 heterocycles. The molecule has 0 saturated carbocycles. The number of thiophene rings is 1. The van der Waals surface area contributed by atoms with Crippen LogP contribution in [0, 0.1) is 0 Å². The van der Waals surface area contributed by atoms with Crippen LogP contribution in [-0.4, -0.2) is 24.0 Å². The molecule has 1 aliphatic rings. The summed E-state index contributed by atoms with van der Waals surface area (Å²) in [4.78, 5) is 14.7. The third kappa shape index (κ3) is 3.94. The Morgan fingerprint density at radius 3 is 2.83 bits per heavy atom. The number of ether oxygens (including phenoxy) is 1. The fourth-order valence-electron chi connectivity index (χ4n) is 3.19. The van der Waals surface area contributed by atoms with Gasteiger partial charge in [0.15, 0.2) is 0 Å². The second-order valence-corrected chi connectivity index (χ2v) is 6.66. The molecule has 1 atom stereocenters. The average Bonchev–Trinajstić information content (AvgIpc) is 3.25. The highest BCUT2D eigenvalue weighted by atomic mass is 32.1. The van der Waals surface area contributed by atoms with Crippen LogP contribution in [0.25, 0.3) is 0 Å². The van der Waals surface area contributed by atoms with Crippen molar-refractivity contribution in [1.82, 2.24) is 4.90 Å². The summed E-state index contributed by atoms with van der Waals surface area (Å²) >= 11 is 1.69. The van der Waals surface area contributed by atoms with Crippen molar-refractivity contribution in [3.8, 4) is 5.75 Å². The number of amides is 1. The molecule has 1 saturated heterocycles. The molecule has 0 spiro atoms. The SMILES string of the molecule is CCOc1ccc(C2CCCN2C(=O)CCc2ccsc2)cc1. The molecule has 0 N–H and O–H groups in total. The summed E-state index contributed by atoms with van der Waals surface area (Å²) in [5, 5.41) is 4.19. The van der Waals surface area contributed by atoms with Crippen molar-refractivity contribution in [2.45, 2.75) is 38.6 Å². The van der Waals surface area contributed by atoms with Crippen molar-refractivity contribution in [2.75, 3.05) is 13.2 Å². The number of likely N-dealkylation sites (tertiary alicyclic amines) is 1. The zero-order valence-electron chi connectivity index (χ0n) is 13.5. The van der Waals surface area contributed by atoms with Gasteiger partial charge in [0.25, 0.3) is 0 Å². The van der Waals surface area contributed by atoms with Crippen molar-refractivity contribution >= 4 is 17.2 Å². The maximum atomic E-state index is 12.6. The van der Waals surface area contributed by atoms with E-state index in [-0.39, 0.29) is 11.9 Å². The van der Waals surface area contributed by atoms with Crippen LogP contribution in [-0.2, 0) is 11.2 Å². The summed E-state index contributed by atoms with van der Waals surface area (Å²) in [5.74, 6) is 1.16. The van der Waals surface area contributed by atoms with Crippen molar-refractivity contribution in [3.63, 3.8) is 0 Å². The fourth-order valence-corrected chi connectivity index (χ4v) is 3.90. The molecule has 3 rings (SSSR count). The molecule has 122 valence electrons. The Kier molecular flexibility index (Phi) is 5.34. The van der Waals surface area contributed by atoms with Crippen LogP contribution in [0.2, 0.25) is 0 Å². The van der Waals surface area contributed by atoms with E-state index >= 15 is 0 Å². The van der Waals surface area contributed by atoms with E-state index in [0.717, 1.165) is 31.6 Å². The molecular formula is C19H23NO2S. The lowest BCUT2D eigenvalue weighted by Crippen LogP contribution is -2.30. The summed E-state index contributed by atoms with van der Waals surface area (Å²) in [6.07, 6.45) is 3.58. The summed E-state index contributed by atoms with van der Waals surface area (Å²) < 4.78 is 5.50. The first-order chi connectivity index (χ1) is 11.3. The van der Waals surface area contributed by atoms with E-state index in [0.29, 0.717) is 13.0 Å². The number of hydrogen-bond donors (Lipinski definition) is 0. The first-order valence-corrected chi connectivity index (χ1v) is 9.25. The number of hydrogen-bond acceptors (Lipinski definition) is 3. The van der Waals surface area contributed by atoms with Gasteiger partial charge in [-0.1, -0.05) is 12.1 Å². The second kappa shape index (κ2) is 7.64. The van der Waals surface area contributed by atoms with Gasteiger partial charge in [-0.05, 0) is 66.3 Å². The van der Waals surface area contributed by atoms with E-state index in [1.165, 1.54) is 11.1 Å². The average molecular weight is 329 g/mol. The molecule has 0 bridgehead atoms. The highest BCUT2D eigenvalue weighted by molar-refractivity contribution is 7.07. The molecule has 1 aromatic carbocycles. The largest absolute Gasteiger partial charge is 0.494 e. The molecule has 1 fully saturated rings. The number of aryl methyl sites for hydroxylation is 1. The molecule has 4 heteroatoms. The van der Waals surface area contributed by atoms with Crippen LogP contribution >= 0.6 is 11.3 Å². The third-order valence-corrected chi connectivity index (χ3v) is 5.09. The van der Waals surface area contributed by atoms with E-state index in [1.54, 1.807) is 11.3 Å². The Labute approximate surface area is 141 Å². The van der Waals surface area contributed by atoms with E-state index < -0.39 is 0 Å². The zero-order chi connectivity index (χ0) is 16.1. The van der Waals surface area contributed by atoms with Crippen molar-refractivity contribution in [2.24, 2.45) is 0 Å². The molecular weight excluding hydrogens is 306 g/mol. The molecule has 0 aliphatic carbocycles. The Morgan fingerprint density at radius 2 is 2.13 bits per heavy atom. The van der Waals surface area contributed by atoms with E-state index in [4.69, 9.17) is 4.74 Å². The topological polar surface area (TPSA) is 29.5 Å². The Hall–Kier alpha value is -1.81. The van der Waals surface area contributed by atoms with Gasteiger partial charge in [0.2, 0.25) is 5.91 Å². The fraction of sp³-hybridized carbons (Fsp3) is 0.421. The Balaban J connectivity index is 1.63. The van der Waals surface area contributed by atoms with Crippen LogP contribution in [0.5, 0.6) is 5.75 Å². The highest BCUT2D eigenvalue weighted by Gasteiger charge is 2.29. The van der Waals surface area contributed by atoms with Crippen molar-refractivity contribution in [3.05, 3.63) is 52.2 Å². The lowest BCUT2D eigenvalue weighted by molar-refractivity contribution is -0.132. The third-order valence-electron chi connectivity index (χ3n) is 4.36. The second-order valence-electron chi connectivity index (χ2n) is 5.88. The van der Waals surface area contributed by atoms with Crippen LogP contribution in [0.15, 0.2) is 41.1 Å². The van der Waals surface area contributed by atoms with Gasteiger partial charge in [-0.25, -0.2) is 0 Å². The van der Waals surface area contributed by atoms with E-state index in [1.807, 2.05) is 19.1 Å². The van der Waals surface area contributed by atoms with Gasteiger partial charge in [-0.3, -0.25) is 4.79 Å². The van der Waals surface area contributed by atoms with Gasteiger partial charge in [0, 0.05) is 13.0 Å². The predicted molar refractivity (Wildman–Crippen MR) is 93.9 cm³/mol. The number of nitrogens with zero attached hydrogens (tertiary/aromatic N) is 1. The molecule has 0 radical (unpaired) electrons. The van der Waals surface area contributed by atoms with Crippen molar-refractivity contribution < 1.29 is 9.53 Å². The molecule has 1 amide bonds. The number of benzene rings is 1. The predicted octanol–water partition coefficient (Wildman–Crippen LogP) is 4.44. The molecule has 2 aromatic rings. The normalized spacial score (nSPS) is 17.4. The van der Waals surface area contributed by atoms with Crippen molar-refractivity contribution in [1.29, 1.82) is 0 Å². The van der Waals surface area contributed by atoms with Gasteiger partial charge >= 0.3 is 0 Å². The Bertz CT molecular complexity index is 621. The van der Waals surface area contributed by atoms with Crippen LogP contribution in [0.3, 0.4) is 0 Å². The summed E-state index contributed by atoms with van der Waals surface area (Å²) in [7, 11) is 0. The summed E-state index contributed by atoms with van der Waals surface area (Å²) in [6.45, 7) is 3.54. The van der Waals surface area contributed by atoms with E-state index in [2.05, 4.69) is 33.9 Å². The quantitative estimate of drug-likeness (QED) is 0.784. The molecule has 1 aliphatic heterocycles. The molecule has 23 heavy (non-hydrogen) atoms. The Morgan fingerprint density at radius 1 is 1.30 bits per heavy atom. The monoisotopic (exact) mass is 329 g/mol. The number of rotatable bonds is 6. The summed E-state index contributed by atoms with van der Waals surface area (Å²) in [6, 6.07) is 10.5. The highest BCUT2D eigenvalue weighted by Crippen LogP contribution is 2.33. The van der Waals surface area contributed by atoms with Gasteiger partial charge in [-0.15, -0.1) is 0 Å². The molecule has 3 nitrogen and oxygen atoms in total. The van der Waals surface area contributed by atoms with Gasteiger partial charge in [0.1, 0.15) is 5.75 Å². The minimum atomic E-state index is 0.223. The zero-order valence-corrected chi connectivity index (χ0v) is 14.3. The number of carbonyl (C=O) groups excluding carboxylic acids is 1. The minimum Gasteiger partial charge on any atom is -0.494 e. The lowest BCUT2D eigenvalue weighted by atomic mass is 10.0.